The molecule has 1 aliphatic rings. The van der Waals surface area contributed by atoms with Gasteiger partial charge in [-0.25, -0.2) is 15.8 Å². The second-order valence-corrected chi connectivity index (χ2v) is 7.62. The summed E-state index contributed by atoms with van der Waals surface area (Å²) in [6.07, 6.45) is 0.699. The van der Waals surface area contributed by atoms with E-state index in [0.717, 1.165) is 16.1 Å². The van der Waals surface area contributed by atoms with Crippen molar-refractivity contribution in [1.82, 2.24) is 26.7 Å². The molecular formula is C21H21N5O2S. The van der Waals surface area contributed by atoms with Crippen molar-refractivity contribution >= 4 is 23.2 Å². The summed E-state index contributed by atoms with van der Waals surface area (Å²) in [7, 11) is 0. The highest BCUT2D eigenvalue weighted by Crippen LogP contribution is 2.23. The standard InChI is InChI=1S/C21H21N5O2S/c27-19(11-16-13-29-21(22-16)15-9-5-2-6-10-15)25-26-20(28)18-12-17(23-24-18)14-7-3-1-4-8-14/h1-10,13,17-18,23-24H,11-12H2,(H,25,27)(H,26,28). The maximum Gasteiger partial charge on any atom is 0.256 e. The lowest BCUT2D eigenvalue weighted by Gasteiger charge is -2.11. The van der Waals surface area contributed by atoms with Crippen molar-refractivity contribution in [3.05, 3.63) is 77.3 Å². The van der Waals surface area contributed by atoms with E-state index in [1.54, 1.807) is 0 Å². The van der Waals surface area contributed by atoms with Crippen LogP contribution in [0.3, 0.4) is 0 Å². The third kappa shape index (κ3) is 4.86. The van der Waals surface area contributed by atoms with Gasteiger partial charge in [0.25, 0.3) is 5.91 Å². The van der Waals surface area contributed by atoms with Crippen LogP contribution in [0.2, 0.25) is 0 Å². The summed E-state index contributed by atoms with van der Waals surface area (Å²) in [5, 5.41) is 2.72. The Morgan fingerprint density at radius 1 is 1.00 bits per heavy atom. The number of hydrazine groups is 2. The van der Waals surface area contributed by atoms with Crippen LogP contribution in [-0.2, 0) is 16.0 Å². The van der Waals surface area contributed by atoms with E-state index in [1.807, 2.05) is 66.0 Å². The number of nitrogens with zero attached hydrogens (tertiary/aromatic N) is 1. The Morgan fingerprint density at radius 3 is 2.48 bits per heavy atom. The molecule has 29 heavy (non-hydrogen) atoms. The highest BCUT2D eigenvalue weighted by Gasteiger charge is 2.30. The zero-order valence-electron chi connectivity index (χ0n) is 15.6. The molecule has 0 bridgehead atoms. The molecule has 2 unspecified atom stereocenters. The third-order valence-electron chi connectivity index (χ3n) is 4.66. The Labute approximate surface area is 172 Å². The third-order valence-corrected chi connectivity index (χ3v) is 5.60. The zero-order valence-corrected chi connectivity index (χ0v) is 16.4. The van der Waals surface area contributed by atoms with Gasteiger partial charge in [0, 0.05) is 17.0 Å². The van der Waals surface area contributed by atoms with E-state index in [0.29, 0.717) is 12.1 Å². The van der Waals surface area contributed by atoms with Gasteiger partial charge < -0.3 is 0 Å². The average Bonchev–Trinajstić information content (AvgIpc) is 3.43. The van der Waals surface area contributed by atoms with Crippen LogP contribution < -0.4 is 21.7 Å². The summed E-state index contributed by atoms with van der Waals surface area (Å²) in [6.45, 7) is 0. The number of rotatable bonds is 5. The quantitative estimate of drug-likeness (QED) is 0.486. The first-order valence-corrected chi connectivity index (χ1v) is 10.2. The Hall–Kier alpha value is -3.07. The molecule has 148 valence electrons. The van der Waals surface area contributed by atoms with E-state index in [2.05, 4.69) is 26.7 Å². The first-order chi connectivity index (χ1) is 14.2. The summed E-state index contributed by atoms with van der Waals surface area (Å²) in [5.41, 5.74) is 13.9. The van der Waals surface area contributed by atoms with Crippen molar-refractivity contribution in [2.24, 2.45) is 0 Å². The van der Waals surface area contributed by atoms with Gasteiger partial charge in [0.15, 0.2) is 0 Å². The molecule has 2 amide bonds. The molecule has 0 radical (unpaired) electrons. The lowest BCUT2D eigenvalue weighted by atomic mass is 10.0. The molecule has 0 aliphatic carbocycles. The topological polar surface area (TPSA) is 95.2 Å². The molecule has 4 rings (SSSR count). The molecule has 1 aromatic heterocycles. The van der Waals surface area contributed by atoms with Crippen LogP contribution in [0.15, 0.2) is 66.0 Å². The Bertz CT molecular complexity index is 977. The zero-order chi connectivity index (χ0) is 20.1. The largest absolute Gasteiger partial charge is 0.273 e. The number of carbonyl (C=O) groups is 2. The first kappa shape index (κ1) is 19.3. The molecule has 2 atom stereocenters. The number of aromatic nitrogens is 1. The number of benzene rings is 2. The molecule has 2 aromatic carbocycles. The smallest absolute Gasteiger partial charge is 0.256 e. The summed E-state index contributed by atoms with van der Waals surface area (Å²) in [4.78, 5) is 29.0. The second-order valence-electron chi connectivity index (χ2n) is 6.76. The number of carbonyl (C=O) groups excluding carboxylic acids is 2. The molecule has 2 heterocycles. The molecule has 3 aromatic rings. The van der Waals surface area contributed by atoms with Gasteiger partial charge in [-0.1, -0.05) is 60.7 Å². The van der Waals surface area contributed by atoms with Gasteiger partial charge in [-0.2, -0.15) is 0 Å². The van der Waals surface area contributed by atoms with E-state index < -0.39 is 6.04 Å². The Kier molecular flexibility index (Phi) is 5.95. The number of hydrogen-bond acceptors (Lipinski definition) is 6. The monoisotopic (exact) mass is 407 g/mol. The van der Waals surface area contributed by atoms with Crippen LogP contribution in [0, 0.1) is 0 Å². The van der Waals surface area contributed by atoms with E-state index in [1.165, 1.54) is 11.3 Å². The molecule has 4 N–H and O–H groups in total. The Balaban J connectivity index is 1.25. The van der Waals surface area contributed by atoms with Crippen molar-refractivity contribution in [1.29, 1.82) is 0 Å². The maximum atomic E-state index is 12.3. The molecule has 0 spiro atoms. The molecule has 1 saturated heterocycles. The summed E-state index contributed by atoms with van der Waals surface area (Å²) >= 11 is 1.49. The lowest BCUT2D eigenvalue weighted by Crippen LogP contribution is -2.50. The van der Waals surface area contributed by atoms with Gasteiger partial charge in [-0.05, 0) is 12.0 Å². The van der Waals surface area contributed by atoms with Gasteiger partial charge in [0.1, 0.15) is 11.0 Å². The first-order valence-electron chi connectivity index (χ1n) is 9.33. The van der Waals surface area contributed by atoms with Crippen molar-refractivity contribution in [3.8, 4) is 10.6 Å². The maximum absolute atomic E-state index is 12.3. The minimum atomic E-state index is -0.426. The minimum absolute atomic E-state index is 0.0501. The summed E-state index contributed by atoms with van der Waals surface area (Å²) in [5.74, 6) is -0.596. The van der Waals surface area contributed by atoms with E-state index in [4.69, 9.17) is 0 Å². The second kappa shape index (κ2) is 8.95. The highest BCUT2D eigenvalue weighted by atomic mass is 32.1. The van der Waals surface area contributed by atoms with Crippen molar-refractivity contribution in [2.45, 2.75) is 24.9 Å². The fourth-order valence-corrected chi connectivity index (χ4v) is 3.99. The minimum Gasteiger partial charge on any atom is -0.273 e. The van der Waals surface area contributed by atoms with E-state index in [9.17, 15) is 9.59 Å². The summed E-state index contributed by atoms with van der Waals surface area (Å²) < 4.78 is 0. The van der Waals surface area contributed by atoms with Gasteiger partial charge in [-0.15, -0.1) is 11.3 Å². The van der Waals surface area contributed by atoms with Crippen LogP contribution in [0.1, 0.15) is 23.7 Å². The lowest BCUT2D eigenvalue weighted by molar-refractivity contribution is -0.129. The molecule has 1 aliphatic heterocycles. The highest BCUT2D eigenvalue weighted by molar-refractivity contribution is 7.13. The molecular weight excluding hydrogens is 386 g/mol. The van der Waals surface area contributed by atoms with Crippen LogP contribution in [0.4, 0.5) is 0 Å². The van der Waals surface area contributed by atoms with Crippen LogP contribution in [0.25, 0.3) is 10.6 Å². The molecule has 0 saturated carbocycles. The Morgan fingerprint density at radius 2 is 1.72 bits per heavy atom. The predicted molar refractivity (Wildman–Crippen MR) is 111 cm³/mol. The van der Waals surface area contributed by atoms with Gasteiger partial charge in [-0.3, -0.25) is 20.4 Å². The average molecular weight is 407 g/mol. The van der Waals surface area contributed by atoms with Gasteiger partial charge >= 0.3 is 0 Å². The van der Waals surface area contributed by atoms with E-state index in [-0.39, 0.29) is 24.3 Å². The van der Waals surface area contributed by atoms with Crippen LogP contribution >= 0.6 is 11.3 Å². The molecule has 7 nitrogen and oxygen atoms in total. The van der Waals surface area contributed by atoms with Crippen molar-refractivity contribution in [3.63, 3.8) is 0 Å². The number of nitrogens with one attached hydrogen (secondary N) is 4. The van der Waals surface area contributed by atoms with Crippen LogP contribution in [0.5, 0.6) is 0 Å². The fraction of sp³-hybridized carbons (Fsp3) is 0.190. The van der Waals surface area contributed by atoms with Gasteiger partial charge in [0.2, 0.25) is 5.91 Å². The molecule has 1 fully saturated rings. The van der Waals surface area contributed by atoms with Gasteiger partial charge in [0.05, 0.1) is 12.1 Å². The number of thiazole rings is 1. The fourth-order valence-electron chi connectivity index (χ4n) is 3.16. The summed E-state index contributed by atoms with van der Waals surface area (Å²) in [6, 6.07) is 19.3. The molecule has 8 heteroatoms. The van der Waals surface area contributed by atoms with Crippen LogP contribution in [-0.4, -0.2) is 22.8 Å². The SMILES string of the molecule is O=C(Cc1csc(-c2ccccc2)n1)NNC(=O)C1CC(c2ccccc2)NN1. The number of amides is 2. The van der Waals surface area contributed by atoms with E-state index >= 15 is 0 Å². The predicted octanol–water partition coefficient (Wildman–Crippen LogP) is 2.11. The van der Waals surface area contributed by atoms with Crippen molar-refractivity contribution in [2.75, 3.05) is 0 Å². The number of hydrogen-bond donors (Lipinski definition) is 4. The normalized spacial score (nSPS) is 18.3. The van der Waals surface area contributed by atoms with Crippen molar-refractivity contribution < 1.29 is 9.59 Å².